The van der Waals surface area contributed by atoms with E-state index in [9.17, 15) is 9.59 Å². The molecule has 2 aromatic rings. The van der Waals surface area contributed by atoms with Crippen LogP contribution in [0.3, 0.4) is 0 Å². The highest BCUT2D eigenvalue weighted by Crippen LogP contribution is 2.20. The third kappa shape index (κ3) is 3.30. The number of hydrogen-bond acceptors (Lipinski definition) is 4. The molecule has 1 N–H and O–H groups in total. The quantitative estimate of drug-likeness (QED) is 0.302. The molecule has 4 nitrogen and oxygen atoms in total. The molecule has 2 rings (SSSR count). The summed E-state index contributed by atoms with van der Waals surface area (Å²) >= 11 is 5.94. The topological polar surface area (TPSA) is 58.5 Å². The highest BCUT2D eigenvalue weighted by molar-refractivity contribution is 6.63. The first-order valence-corrected chi connectivity index (χ1v) is 6.23. The lowest BCUT2D eigenvalue weighted by molar-refractivity contribution is -0.102. The molecule has 0 amide bonds. The Hall–Kier alpha value is -2.46. The van der Waals surface area contributed by atoms with Crippen molar-refractivity contribution in [1.82, 2.24) is 0 Å². The molecule has 0 atom stereocenters. The lowest BCUT2D eigenvalue weighted by atomic mass is 10.1. The summed E-state index contributed by atoms with van der Waals surface area (Å²) in [6, 6.07) is 15.4. The number of Topliss-reactive ketones (excluding diaryl/α,β-unsaturated/α-hetero) is 1. The number of carbonyl (C=O) groups excluding carboxylic acids is 2. The van der Waals surface area contributed by atoms with E-state index in [-0.39, 0.29) is 5.71 Å². The second-order valence-electron chi connectivity index (χ2n) is 3.90. The highest BCUT2D eigenvalue weighted by Gasteiger charge is 2.13. The molecule has 0 aliphatic heterocycles. The zero-order valence-corrected chi connectivity index (χ0v) is 11.2. The average Bonchev–Trinajstić information content (AvgIpc) is 2.50. The Labute approximate surface area is 121 Å². The van der Waals surface area contributed by atoms with Crippen molar-refractivity contribution in [2.75, 3.05) is 5.43 Å². The van der Waals surface area contributed by atoms with E-state index >= 15 is 0 Å². The largest absolute Gasteiger partial charge is 0.296 e. The van der Waals surface area contributed by atoms with Gasteiger partial charge < -0.3 is 0 Å². The number of halogens is 1. The molecule has 2 aromatic carbocycles. The second-order valence-corrected chi connectivity index (χ2v) is 4.31. The summed E-state index contributed by atoms with van der Waals surface area (Å²) in [6.45, 7) is 0. The number of nitrogens with zero attached hydrogens (tertiary/aromatic N) is 1. The van der Waals surface area contributed by atoms with Crippen molar-refractivity contribution in [1.29, 1.82) is 0 Å². The Balaban J connectivity index is 2.20. The predicted molar refractivity (Wildman–Crippen MR) is 79.3 cm³/mol. The minimum Gasteiger partial charge on any atom is -0.296 e. The lowest BCUT2D eigenvalue weighted by Crippen LogP contribution is -2.17. The first-order valence-electron chi connectivity index (χ1n) is 5.85. The van der Waals surface area contributed by atoms with Crippen molar-refractivity contribution in [3.8, 4) is 0 Å². The Morgan fingerprint density at radius 1 is 1.05 bits per heavy atom. The van der Waals surface area contributed by atoms with Crippen LogP contribution in [0.2, 0.25) is 5.02 Å². The second kappa shape index (κ2) is 6.63. The van der Waals surface area contributed by atoms with Gasteiger partial charge in [0.2, 0.25) is 5.78 Å². The summed E-state index contributed by atoms with van der Waals surface area (Å²) in [5, 5.41) is 4.27. The van der Waals surface area contributed by atoms with Crippen LogP contribution in [-0.2, 0) is 4.79 Å². The first-order chi connectivity index (χ1) is 9.72. The Morgan fingerprint density at radius 3 is 2.35 bits per heavy atom. The lowest BCUT2D eigenvalue weighted by Gasteiger charge is -2.04. The molecule has 0 radical (unpaired) electrons. The number of benzene rings is 2. The maximum absolute atomic E-state index is 12.0. The third-order valence-electron chi connectivity index (χ3n) is 2.55. The zero-order chi connectivity index (χ0) is 14.4. The molecule has 0 saturated heterocycles. The van der Waals surface area contributed by atoms with Gasteiger partial charge >= 0.3 is 0 Å². The zero-order valence-electron chi connectivity index (χ0n) is 10.4. The molecule has 0 saturated carbocycles. The fourth-order valence-corrected chi connectivity index (χ4v) is 1.72. The normalized spacial score (nSPS) is 10.9. The number of carbonyl (C=O) groups is 2. The van der Waals surface area contributed by atoms with E-state index in [4.69, 9.17) is 11.6 Å². The maximum Gasteiger partial charge on any atom is 0.216 e. The standard InChI is InChI=1S/C15H11ClN2O2/c16-12-8-4-5-9-13(12)17-18-14(10-19)15(20)11-6-2-1-3-7-11/h1-10,17H/b18-14-. The van der Waals surface area contributed by atoms with Gasteiger partial charge in [0.25, 0.3) is 0 Å². The van der Waals surface area contributed by atoms with Crippen LogP contribution in [-0.4, -0.2) is 17.8 Å². The molecule has 0 aliphatic carbocycles. The molecule has 0 fully saturated rings. The van der Waals surface area contributed by atoms with E-state index in [0.717, 1.165) is 0 Å². The smallest absolute Gasteiger partial charge is 0.216 e. The van der Waals surface area contributed by atoms with Crippen molar-refractivity contribution in [3.63, 3.8) is 0 Å². The molecular weight excluding hydrogens is 276 g/mol. The molecule has 0 spiro atoms. The fourth-order valence-electron chi connectivity index (χ4n) is 1.54. The van der Waals surface area contributed by atoms with Crippen molar-refractivity contribution in [3.05, 3.63) is 65.2 Å². The monoisotopic (exact) mass is 286 g/mol. The summed E-state index contributed by atoms with van der Waals surface area (Å²) < 4.78 is 0. The molecule has 0 bridgehead atoms. The molecule has 5 heteroatoms. The van der Waals surface area contributed by atoms with Gasteiger partial charge in [0.05, 0.1) is 10.7 Å². The summed E-state index contributed by atoms with van der Waals surface area (Å²) in [7, 11) is 0. The number of anilines is 1. The van der Waals surface area contributed by atoms with Gasteiger partial charge in [-0.1, -0.05) is 54.1 Å². The molecule has 20 heavy (non-hydrogen) atoms. The molecule has 0 unspecified atom stereocenters. The summed E-state index contributed by atoms with van der Waals surface area (Å²) in [5.41, 5.74) is 3.33. The highest BCUT2D eigenvalue weighted by atomic mass is 35.5. The Morgan fingerprint density at radius 2 is 1.70 bits per heavy atom. The van der Waals surface area contributed by atoms with E-state index in [1.807, 2.05) is 0 Å². The van der Waals surface area contributed by atoms with Gasteiger partial charge in [0, 0.05) is 5.56 Å². The maximum atomic E-state index is 12.0. The number of aldehydes is 1. The van der Waals surface area contributed by atoms with E-state index in [1.54, 1.807) is 54.6 Å². The first kappa shape index (κ1) is 14.0. The van der Waals surface area contributed by atoms with Crippen molar-refractivity contribution >= 4 is 35.1 Å². The summed E-state index contributed by atoms with van der Waals surface area (Å²) in [5.74, 6) is -0.444. The Kier molecular flexibility index (Phi) is 4.63. The fraction of sp³-hybridized carbons (Fsp3) is 0. The number of hydrazone groups is 1. The van der Waals surface area contributed by atoms with Crippen LogP contribution in [0, 0.1) is 0 Å². The van der Waals surface area contributed by atoms with Gasteiger partial charge in [0.1, 0.15) is 0 Å². The van der Waals surface area contributed by atoms with E-state index in [1.165, 1.54) is 0 Å². The van der Waals surface area contributed by atoms with Crippen LogP contribution >= 0.6 is 11.6 Å². The molecular formula is C15H11ClN2O2. The van der Waals surface area contributed by atoms with Crippen molar-refractivity contribution in [2.24, 2.45) is 5.10 Å². The summed E-state index contributed by atoms with van der Waals surface area (Å²) in [6.07, 6.45) is 0.416. The average molecular weight is 287 g/mol. The number of ketones is 1. The van der Waals surface area contributed by atoms with Gasteiger partial charge in [-0.25, -0.2) is 0 Å². The minimum absolute atomic E-state index is 0.212. The summed E-state index contributed by atoms with van der Waals surface area (Å²) in [4.78, 5) is 23.0. The van der Waals surface area contributed by atoms with E-state index in [2.05, 4.69) is 10.5 Å². The number of hydrogen-bond donors (Lipinski definition) is 1. The van der Waals surface area contributed by atoms with Crippen LogP contribution in [0.4, 0.5) is 5.69 Å². The third-order valence-corrected chi connectivity index (χ3v) is 2.88. The van der Waals surface area contributed by atoms with Crippen molar-refractivity contribution < 1.29 is 9.59 Å². The van der Waals surface area contributed by atoms with Crippen LogP contribution in [0.15, 0.2) is 59.7 Å². The molecule has 100 valence electrons. The van der Waals surface area contributed by atoms with Crippen LogP contribution in [0.25, 0.3) is 0 Å². The molecule has 0 aromatic heterocycles. The van der Waals surface area contributed by atoms with Gasteiger partial charge in [0.15, 0.2) is 12.0 Å². The predicted octanol–water partition coefficient (Wildman–Crippen LogP) is 3.19. The van der Waals surface area contributed by atoms with Crippen LogP contribution < -0.4 is 5.43 Å². The number of rotatable bonds is 5. The SMILES string of the molecule is O=C/C(=N/Nc1ccccc1Cl)C(=O)c1ccccc1. The number of nitrogens with one attached hydrogen (secondary N) is 1. The molecule has 0 heterocycles. The van der Waals surface area contributed by atoms with E-state index < -0.39 is 5.78 Å². The van der Waals surface area contributed by atoms with Gasteiger partial charge in [-0.15, -0.1) is 0 Å². The molecule has 0 aliphatic rings. The van der Waals surface area contributed by atoms with Gasteiger partial charge in [-0.05, 0) is 12.1 Å². The van der Waals surface area contributed by atoms with Crippen LogP contribution in [0.1, 0.15) is 10.4 Å². The van der Waals surface area contributed by atoms with Gasteiger partial charge in [-0.3, -0.25) is 15.0 Å². The van der Waals surface area contributed by atoms with Crippen molar-refractivity contribution in [2.45, 2.75) is 0 Å². The van der Waals surface area contributed by atoms with Crippen LogP contribution in [0.5, 0.6) is 0 Å². The Bertz CT molecular complexity index is 654. The van der Waals surface area contributed by atoms with Gasteiger partial charge in [-0.2, -0.15) is 5.10 Å². The minimum atomic E-state index is -0.444. The van der Waals surface area contributed by atoms with E-state index in [0.29, 0.717) is 22.6 Å². The number of para-hydroxylation sites is 1.